The summed E-state index contributed by atoms with van der Waals surface area (Å²) in [6.07, 6.45) is 6.01. The summed E-state index contributed by atoms with van der Waals surface area (Å²) in [4.78, 5) is 0. The van der Waals surface area contributed by atoms with Gasteiger partial charge in [-0.1, -0.05) is 18.0 Å². The lowest BCUT2D eigenvalue weighted by molar-refractivity contribution is 0.572. The molecule has 0 spiro atoms. The van der Waals surface area contributed by atoms with Crippen molar-refractivity contribution >= 4 is 23.3 Å². The molecule has 1 aliphatic rings. The van der Waals surface area contributed by atoms with Crippen LogP contribution >= 0.6 is 11.6 Å². The molecule has 5 nitrogen and oxygen atoms in total. The minimum absolute atomic E-state index is 0.461. The molecule has 0 bridgehead atoms. The van der Waals surface area contributed by atoms with Crippen molar-refractivity contribution in [2.24, 2.45) is 0 Å². The molecule has 0 fully saturated rings. The van der Waals surface area contributed by atoms with Gasteiger partial charge in [0.1, 0.15) is 29.0 Å². The Balaban J connectivity index is 1.66. The van der Waals surface area contributed by atoms with Gasteiger partial charge in [0.2, 0.25) is 0 Å². The number of hydrogen-bond donors (Lipinski definition) is 0. The van der Waals surface area contributed by atoms with Gasteiger partial charge in [0.15, 0.2) is 5.82 Å². The van der Waals surface area contributed by atoms with Crippen molar-refractivity contribution in [3.05, 3.63) is 58.8 Å². The molecule has 26 heavy (non-hydrogen) atoms. The summed E-state index contributed by atoms with van der Waals surface area (Å²) >= 11 is 5.93. The van der Waals surface area contributed by atoms with Gasteiger partial charge >= 0.3 is 0 Å². The highest BCUT2D eigenvalue weighted by atomic mass is 35.5. The number of aromatic nitrogens is 3. The summed E-state index contributed by atoms with van der Waals surface area (Å²) in [5.74, 6) is 2.91. The van der Waals surface area contributed by atoms with Crippen LogP contribution in [0.2, 0.25) is 5.02 Å². The van der Waals surface area contributed by atoms with E-state index in [2.05, 4.69) is 20.8 Å². The number of rotatable bonds is 3. The number of furan rings is 1. The predicted octanol–water partition coefficient (Wildman–Crippen LogP) is 4.98. The molecule has 0 saturated heterocycles. The van der Waals surface area contributed by atoms with Crippen LogP contribution in [0.3, 0.4) is 0 Å². The topological polar surface area (TPSA) is 67.6 Å². The fourth-order valence-corrected chi connectivity index (χ4v) is 3.30. The Hall–Kier alpha value is -2.84. The van der Waals surface area contributed by atoms with E-state index in [9.17, 15) is 5.26 Å². The Labute approximate surface area is 156 Å². The zero-order chi connectivity index (χ0) is 17.9. The lowest BCUT2D eigenvalue weighted by Gasteiger charge is -2.05. The van der Waals surface area contributed by atoms with Gasteiger partial charge in [-0.25, -0.2) is 0 Å². The molecule has 0 unspecified atom stereocenters. The molecule has 130 valence electrons. The molecule has 4 rings (SSSR count). The number of fused-ring (bicyclic) bond motifs is 1. The van der Waals surface area contributed by atoms with E-state index in [1.54, 1.807) is 6.08 Å². The van der Waals surface area contributed by atoms with E-state index in [0.717, 1.165) is 43.0 Å². The van der Waals surface area contributed by atoms with Gasteiger partial charge in [0.25, 0.3) is 0 Å². The van der Waals surface area contributed by atoms with E-state index in [0.29, 0.717) is 22.2 Å². The van der Waals surface area contributed by atoms with Crippen LogP contribution < -0.4 is 0 Å². The minimum atomic E-state index is 0.461. The Morgan fingerprint density at radius 2 is 1.96 bits per heavy atom. The average Bonchev–Trinajstić information content (AvgIpc) is 3.21. The second-order valence-electron chi connectivity index (χ2n) is 6.28. The lowest BCUT2D eigenvalue weighted by Crippen LogP contribution is -2.05. The number of nitrogens with zero attached hydrogens (tertiary/aromatic N) is 4. The first-order chi connectivity index (χ1) is 12.7. The second kappa shape index (κ2) is 7.19. The quantitative estimate of drug-likeness (QED) is 0.614. The molecular formula is C20H17ClN4O. The standard InChI is InChI=1S/C20H17ClN4O/c21-16-7-5-14(6-8-16)18-10-9-17(26-18)12-15(13-22)20-24-23-19-4-2-1-3-11-25(19)20/h5-10,12H,1-4,11H2/b15-12+. The fraction of sp³-hybridized carbons (Fsp3) is 0.250. The normalized spacial score (nSPS) is 14.5. The van der Waals surface area contributed by atoms with E-state index < -0.39 is 0 Å². The Kier molecular flexibility index (Phi) is 4.59. The summed E-state index contributed by atoms with van der Waals surface area (Å²) in [5, 5.41) is 18.8. The van der Waals surface area contributed by atoms with Gasteiger partial charge in [0.05, 0.1) is 0 Å². The summed E-state index contributed by atoms with van der Waals surface area (Å²) in [6.45, 7) is 0.852. The van der Waals surface area contributed by atoms with Crippen LogP contribution in [0.25, 0.3) is 23.0 Å². The number of allylic oxidation sites excluding steroid dienone is 1. The number of benzene rings is 1. The highest BCUT2D eigenvalue weighted by Gasteiger charge is 2.18. The SMILES string of the molecule is N#C/C(=C\c1ccc(-c2ccc(Cl)cc2)o1)c1nnc2n1CCCCC2. The summed E-state index contributed by atoms with van der Waals surface area (Å²) < 4.78 is 7.94. The molecule has 6 heteroatoms. The van der Waals surface area contributed by atoms with Crippen LogP contribution in [-0.4, -0.2) is 14.8 Å². The van der Waals surface area contributed by atoms with Gasteiger partial charge in [0, 0.05) is 29.6 Å². The maximum atomic E-state index is 9.63. The fourth-order valence-electron chi connectivity index (χ4n) is 3.17. The Morgan fingerprint density at radius 3 is 2.77 bits per heavy atom. The monoisotopic (exact) mass is 364 g/mol. The van der Waals surface area contributed by atoms with Gasteiger partial charge in [-0.15, -0.1) is 10.2 Å². The third-order valence-electron chi connectivity index (χ3n) is 4.51. The molecule has 0 N–H and O–H groups in total. The molecule has 0 aliphatic carbocycles. The highest BCUT2D eigenvalue weighted by Crippen LogP contribution is 2.26. The van der Waals surface area contributed by atoms with Gasteiger partial charge in [-0.2, -0.15) is 5.26 Å². The Morgan fingerprint density at radius 1 is 1.12 bits per heavy atom. The zero-order valence-corrected chi connectivity index (χ0v) is 14.9. The third-order valence-corrected chi connectivity index (χ3v) is 4.76. The van der Waals surface area contributed by atoms with Crippen molar-refractivity contribution in [1.29, 1.82) is 5.26 Å². The van der Waals surface area contributed by atoms with Crippen molar-refractivity contribution in [1.82, 2.24) is 14.8 Å². The van der Waals surface area contributed by atoms with Crippen molar-refractivity contribution in [3.8, 4) is 17.4 Å². The average molecular weight is 365 g/mol. The van der Waals surface area contributed by atoms with E-state index >= 15 is 0 Å². The maximum Gasteiger partial charge on any atom is 0.174 e. The number of halogens is 1. The molecule has 3 heterocycles. The van der Waals surface area contributed by atoms with Crippen LogP contribution in [0.15, 0.2) is 40.8 Å². The first-order valence-electron chi connectivity index (χ1n) is 8.64. The van der Waals surface area contributed by atoms with Gasteiger partial charge in [-0.3, -0.25) is 0 Å². The van der Waals surface area contributed by atoms with Crippen molar-refractivity contribution in [2.75, 3.05) is 0 Å². The van der Waals surface area contributed by atoms with Crippen LogP contribution in [0, 0.1) is 11.3 Å². The first-order valence-corrected chi connectivity index (χ1v) is 9.02. The highest BCUT2D eigenvalue weighted by molar-refractivity contribution is 6.30. The van der Waals surface area contributed by atoms with Crippen molar-refractivity contribution in [3.63, 3.8) is 0 Å². The largest absolute Gasteiger partial charge is 0.457 e. The third kappa shape index (κ3) is 3.29. The summed E-state index contributed by atoms with van der Waals surface area (Å²) in [5.41, 5.74) is 1.39. The van der Waals surface area contributed by atoms with E-state index in [4.69, 9.17) is 16.0 Å². The smallest absolute Gasteiger partial charge is 0.174 e. The number of aryl methyl sites for hydroxylation is 1. The minimum Gasteiger partial charge on any atom is -0.457 e. The van der Waals surface area contributed by atoms with Gasteiger partial charge in [-0.05, 0) is 49.2 Å². The summed E-state index contributed by atoms with van der Waals surface area (Å²) in [7, 11) is 0. The van der Waals surface area contributed by atoms with Crippen LogP contribution in [0.5, 0.6) is 0 Å². The molecule has 0 amide bonds. The zero-order valence-electron chi connectivity index (χ0n) is 14.2. The Bertz CT molecular complexity index is 992. The number of nitriles is 1. The van der Waals surface area contributed by atoms with Gasteiger partial charge < -0.3 is 8.98 Å². The summed E-state index contributed by atoms with van der Waals surface area (Å²) in [6, 6.07) is 13.4. The van der Waals surface area contributed by atoms with Crippen molar-refractivity contribution in [2.45, 2.75) is 32.2 Å². The molecule has 0 atom stereocenters. The number of hydrogen-bond acceptors (Lipinski definition) is 4. The lowest BCUT2D eigenvalue weighted by atomic mass is 10.2. The molecule has 0 radical (unpaired) electrons. The van der Waals surface area contributed by atoms with E-state index in [1.165, 1.54) is 6.42 Å². The van der Waals surface area contributed by atoms with E-state index in [1.807, 2.05) is 36.4 Å². The van der Waals surface area contributed by atoms with Crippen molar-refractivity contribution < 1.29 is 4.42 Å². The second-order valence-corrected chi connectivity index (χ2v) is 6.72. The molecule has 2 aromatic heterocycles. The maximum absolute atomic E-state index is 9.63. The molecule has 3 aromatic rings. The molecular weight excluding hydrogens is 348 g/mol. The van der Waals surface area contributed by atoms with Crippen LogP contribution in [0.4, 0.5) is 0 Å². The first kappa shape index (κ1) is 16.6. The van der Waals surface area contributed by atoms with Crippen LogP contribution in [-0.2, 0) is 13.0 Å². The van der Waals surface area contributed by atoms with Crippen LogP contribution in [0.1, 0.15) is 36.7 Å². The molecule has 1 aliphatic heterocycles. The predicted molar refractivity (Wildman–Crippen MR) is 100 cm³/mol. The molecule has 0 saturated carbocycles. The molecule has 1 aromatic carbocycles. The van der Waals surface area contributed by atoms with E-state index in [-0.39, 0.29) is 0 Å².